The van der Waals surface area contributed by atoms with E-state index in [4.69, 9.17) is 10.5 Å². The molecule has 1 aliphatic rings. The van der Waals surface area contributed by atoms with E-state index in [1.54, 1.807) is 0 Å². The predicted molar refractivity (Wildman–Crippen MR) is 83.8 cm³/mol. The lowest BCUT2D eigenvalue weighted by molar-refractivity contribution is -0.152. The molecule has 0 saturated heterocycles. The largest absolute Gasteiger partial charge is 0.460 e. The number of imidazole rings is 1. The van der Waals surface area contributed by atoms with Crippen LogP contribution in [0.1, 0.15) is 36.9 Å². The van der Waals surface area contributed by atoms with Gasteiger partial charge in [-0.25, -0.2) is 4.98 Å². The van der Waals surface area contributed by atoms with Crippen LogP contribution in [0.3, 0.4) is 0 Å². The van der Waals surface area contributed by atoms with Crippen molar-refractivity contribution in [3.63, 3.8) is 0 Å². The Labute approximate surface area is 140 Å². The summed E-state index contributed by atoms with van der Waals surface area (Å²) in [5.74, 6) is -1.37. The number of nitrogens with zero attached hydrogens (tertiary/aromatic N) is 3. The van der Waals surface area contributed by atoms with E-state index in [9.17, 15) is 24.6 Å². The van der Waals surface area contributed by atoms with Crippen molar-refractivity contribution in [3.05, 3.63) is 16.2 Å². The van der Waals surface area contributed by atoms with Crippen LogP contribution in [0.5, 0.6) is 0 Å². The number of Topliss-reactive ketones (excluding diaryl/α,β-unsaturated/α-hetero) is 1. The maximum absolute atomic E-state index is 12.0. The zero-order chi connectivity index (χ0) is 18.5. The first-order valence-electron chi connectivity index (χ1n) is 7.52. The Kier molecular flexibility index (Phi) is 4.05. The highest BCUT2D eigenvalue weighted by Gasteiger charge is 2.46. The summed E-state index contributed by atoms with van der Waals surface area (Å²) in [7, 11) is 0. The quantitative estimate of drug-likeness (QED) is 0.379. The summed E-state index contributed by atoms with van der Waals surface area (Å²) in [5, 5.41) is 20.5. The Bertz CT molecular complexity index is 918. The zero-order valence-corrected chi connectivity index (χ0v) is 13.5. The minimum absolute atomic E-state index is 0.00572. The third kappa shape index (κ3) is 2.76. The number of hydrogen-bond donors (Lipinski definition) is 4. The highest BCUT2D eigenvalue weighted by Crippen LogP contribution is 2.35. The fourth-order valence-corrected chi connectivity index (χ4v) is 3.12. The average molecular weight is 351 g/mol. The van der Waals surface area contributed by atoms with Crippen LogP contribution < -0.4 is 11.3 Å². The number of aliphatic hydroxyl groups excluding tert-OH is 2. The topological polar surface area (TPSA) is 173 Å². The summed E-state index contributed by atoms with van der Waals surface area (Å²) < 4.78 is 6.27. The molecular formula is C14H17N5O6. The highest BCUT2D eigenvalue weighted by molar-refractivity contribution is 5.94. The lowest BCUT2D eigenvalue weighted by Crippen LogP contribution is -2.34. The minimum atomic E-state index is -1.36. The molecule has 2 aromatic rings. The van der Waals surface area contributed by atoms with E-state index in [0.717, 1.165) is 0 Å². The Balaban J connectivity index is 2.17. The van der Waals surface area contributed by atoms with Crippen molar-refractivity contribution in [1.82, 2.24) is 19.5 Å². The summed E-state index contributed by atoms with van der Waals surface area (Å²) in [4.78, 5) is 45.4. The van der Waals surface area contributed by atoms with Crippen molar-refractivity contribution in [3.8, 4) is 0 Å². The van der Waals surface area contributed by atoms with Gasteiger partial charge in [0.25, 0.3) is 5.56 Å². The zero-order valence-electron chi connectivity index (χ0n) is 13.5. The van der Waals surface area contributed by atoms with Gasteiger partial charge in [0.05, 0.1) is 6.04 Å². The van der Waals surface area contributed by atoms with E-state index in [-0.39, 0.29) is 29.4 Å². The van der Waals surface area contributed by atoms with E-state index in [2.05, 4.69) is 15.0 Å². The van der Waals surface area contributed by atoms with Gasteiger partial charge in [-0.3, -0.25) is 23.9 Å². The molecule has 4 unspecified atom stereocenters. The van der Waals surface area contributed by atoms with Crippen LogP contribution in [0.4, 0.5) is 5.95 Å². The number of carbonyl (C=O) groups excluding carboxylic acids is 2. The predicted octanol–water partition coefficient (Wildman–Crippen LogP) is -1.50. The number of ether oxygens (including phenoxy) is 1. The molecule has 0 spiro atoms. The number of aliphatic hydroxyl groups is 2. The first-order valence-corrected chi connectivity index (χ1v) is 7.52. The maximum atomic E-state index is 12.0. The number of nitrogens with two attached hydrogens (primary N) is 1. The maximum Gasteiger partial charge on any atom is 0.302 e. The number of hydrogen-bond acceptors (Lipinski definition) is 9. The molecule has 3 rings (SSSR count). The SMILES string of the molecule is CC(=O)OC1CC(n2c(C(C)=O)nc3c(=O)[nH]c(N)nc32)C(O)C1O. The monoisotopic (exact) mass is 351 g/mol. The molecular weight excluding hydrogens is 334 g/mol. The number of anilines is 1. The van der Waals surface area contributed by atoms with Crippen molar-refractivity contribution < 1.29 is 24.5 Å². The van der Waals surface area contributed by atoms with Gasteiger partial charge in [-0.05, 0) is 0 Å². The van der Waals surface area contributed by atoms with E-state index in [1.807, 2.05) is 0 Å². The molecule has 25 heavy (non-hydrogen) atoms. The molecule has 0 amide bonds. The highest BCUT2D eigenvalue weighted by atomic mass is 16.6. The fraction of sp³-hybridized carbons (Fsp3) is 0.500. The van der Waals surface area contributed by atoms with E-state index < -0.39 is 41.7 Å². The number of rotatable bonds is 3. The molecule has 1 fully saturated rings. The number of ketones is 1. The van der Waals surface area contributed by atoms with Gasteiger partial charge >= 0.3 is 5.97 Å². The van der Waals surface area contributed by atoms with E-state index in [1.165, 1.54) is 18.4 Å². The van der Waals surface area contributed by atoms with Gasteiger partial charge in [0.2, 0.25) is 5.95 Å². The van der Waals surface area contributed by atoms with Gasteiger partial charge in [0.15, 0.2) is 22.8 Å². The second-order valence-corrected chi connectivity index (χ2v) is 5.92. The van der Waals surface area contributed by atoms with Gasteiger partial charge in [0, 0.05) is 20.3 Å². The Morgan fingerprint density at radius 2 is 1.96 bits per heavy atom. The number of nitrogen functional groups attached to an aromatic ring is 1. The number of nitrogens with one attached hydrogen (secondary N) is 1. The molecule has 2 heterocycles. The average Bonchev–Trinajstić information content (AvgIpc) is 3.00. The van der Waals surface area contributed by atoms with Crippen LogP contribution in [-0.4, -0.2) is 59.8 Å². The van der Waals surface area contributed by atoms with Crippen molar-refractivity contribution in [2.45, 2.75) is 44.6 Å². The molecule has 0 aromatic carbocycles. The molecule has 11 nitrogen and oxygen atoms in total. The van der Waals surface area contributed by atoms with Crippen molar-refractivity contribution in [2.24, 2.45) is 0 Å². The van der Waals surface area contributed by atoms with Gasteiger partial charge in [0.1, 0.15) is 18.3 Å². The number of aromatic nitrogens is 4. The number of esters is 1. The molecule has 1 saturated carbocycles. The first-order chi connectivity index (χ1) is 11.7. The Morgan fingerprint density at radius 1 is 1.28 bits per heavy atom. The van der Waals surface area contributed by atoms with E-state index in [0.29, 0.717) is 0 Å². The second-order valence-electron chi connectivity index (χ2n) is 5.92. The molecule has 0 bridgehead atoms. The summed E-state index contributed by atoms with van der Waals surface area (Å²) in [6.45, 7) is 2.43. The standard InChI is InChI=1S/C14H17N5O6/c1-4(20)11-16-8-12(17-14(15)18-13(8)24)19(11)6-3-7(25-5(2)21)10(23)9(6)22/h6-7,9-10,22-23H,3H2,1-2H3,(H3,15,17,18,24). The fourth-order valence-electron chi connectivity index (χ4n) is 3.12. The Hall–Kier alpha value is -2.79. The third-order valence-electron chi connectivity index (χ3n) is 4.13. The smallest absolute Gasteiger partial charge is 0.302 e. The molecule has 11 heteroatoms. The van der Waals surface area contributed by atoms with Crippen molar-refractivity contribution >= 4 is 28.9 Å². The van der Waals surface area contributed by atoms with Crippen LogP contribution in [0.15, 0.2) is 4.79 Å². The van der Waals surface area contributed by atoms with E-state index >= 15 is 0 Å². The summed E-state index contributed by atoms with van der Waals surface area (Å²) in [6.07, 6.45) is -3.66. The molecule has 0 aliphatic heterocycles. The number of fused-ring (bicyclic) bond motifs is 1. The van der Waals surface area contributed by atoms with Crippen LogP contribution >= 0.6 is 0 Å². The van der Waals surface area contributed by atoms with Crippen LogP contribution in [0.2, 0.25) is 0 Å². The number of H-pyrrole nitrogens is 1. The molecule has 4 atom stereocenters. The van der Waals surface area contributed by atoms with Crippen LogP contribution in [-0.2, 0) is 9.53 Å². The number of aromatic amines is 1. The minimum Gasteiger partial charge on any atom is -0.460 e. The van der Waals surface area contributed by atoms with Gasteiger partial charge in [-0.15, -0.1) is 0 Å². The molecule has 5 N–H and O–H groups in total. The second kappa shape index (κ2) is 5.93. The normalized spacial score (nSPS) is 26.1. The molecule has 1 aliphatic carbocycles. The van der Waals surface area contributed by atoms with Gasteiger partial charge in [-0.1, -0.05) is 0 Å². The van der Waals surface area contributed by atoms with Crippen molar-refractivity contribution in [2.75, 3.05) is 5.73 Å². The molecule has 2 aromatic heterocycles. The molecule has 0 radical (unpaired) electrons. The van der Waals surface area contributed by atoms with Crippen molar-refractivity contribution in [1.29, 1.82) is 0 Å². The molecule has 134 valence electrons. The van der Waals surface area contributed by atoms with Crippen LogP contribution in [0.25, 0.3) is 11.2 Å². The lowest BCUT2D eigenvalue weighted by Gasteiger charge is -2.19. The summed E-state index contributed by atoms with van der Waals surface area (Å²) in [6, 6.07) is -0.878. The summed E-state index contributed by atoms with van der Waals surface area (Å²) in [5.41, 5.74) is 4.82. The first kappa shape index (κ1) is 17.0. The Morgan fingerprint density at radius 3 is 2.56 bits per heavy atom. The summed E-state index contributed by atoms with van der Waals surface area (Å²) >= 11 is 0. The number of carbonyl (C=O) groups is 2. The van der Waals surface area contributed by atoms with Gasteiger partial charge < -0.3 is 20.7 Å². The third-order valence-corrected chi connectivity index (χ3v) is 4.13. The van der Waals surface area contributed by atoms with Gasteiger partial charge in [-0.2, -0.15) is 4.98 Å². The van der Waals surface area contributed by atoms with Crippen LogP contribution in [0, 0.1) is 0 Å². The lowest BCUT2D eigenvalue weighted by atomic mass is 10.2.